The van der Waals surface area contributed by atoms with Crippen molar-refractivity contribution in [1.29, 1.82) is 0 Å². The van der Waals surface area contributed by atoms with Gasteiger partial charge in [-0.25, -0.2) is 0 Å². The summed E-state index contributed by atoms with van der Waals surface area (Å²) in [5.41, 5.74) is 5.24. The molecule has 0 radical (unpaired) electrons. The fourth-order valence-corrected chi connectivity index (χ4v) is 2.09. The van der Waals surface area contributed by atoms with E-state index in [-0.39, 0.29) is 0 Å². The van der Waals surface area contributed by atoms with Crippen molar-refractivity contribution < 1.29 is 0 Å². The first-order valence-corrected chi connectivity index (χ1v) is 6.16. The van der Waals surface area contributed by atoms with Crippen molar-refractivity contribution in [3.63, 3.8) is 0 Å². The highest BCUT2D eigenvalue weighted by molar-refractivity contribution is 5.68. The molecule has 0 N–H and O–H groups in total. The molecule has 0 bridgehead atoms. The van der Waals surface area contributed by atoms with E-state index in [1.54, 1.807) is 0 Å². The highest BCUT2D eigenvalue weighted by Crippen LogP contribution is 2.25. The number of hydrogen-bond donors (Lipinski definition) is 0. The maximum Gasteiger partial charge on any atom is -0.0152 e. The van der Waals surface area contributed by atoms with Gasteiger partial charge < -0.3 is 0 Å². The molecule has 2 aromatic carbocycles. The van der Waals surface area contributed by atoms with Crippen LogP contribution in [-0.4, -0.2) is 0 Å². The molecule has 0 saturated heterocycles. The Balaban J connectivity index is 2.40. The third-order valence-electron chi connectivity index (χ3n) is 2.99. The van der Waals surface area contributed by atoms with Gasteiger partial charge in [-0.1, -0.05) is 74.5 Å². The molecule has 0 atom stereocenters. The first-order valence-electron chi connectivity index (χ1n) is 6.16. The Kier molecular flexibility index (Phi) is 3.77. The summed E-state index contributed by atoms with van der Waals surface area (Å²) in [6.07, 6.45) is 4.20. The van der Waals surface area contributed by atoms with E-state index in [0.29, 0.717) is 0 Å². The molecule has 0 nitrogen and oxygen atoms in total. The van der Waals surface area contributed by atoms with Crippen LogP contribution in [0.1, 0.15) is 24.5 Å². The minimum absolute atomic E-state index is 1.14. The van der Waals surface area contributed by atoms with Gasteiger partial charge in [-0.3, -0.25) is 0 Å². The Morgan fingerprint density at radius 1 is 1.00 bits per heavy atom. The predicted octanol–water partition coefficient (Wildman–Crippen LogP) is 4.95. The van der Waals surface area contributed by atoms with Crippen molar-refractivity contribution in [2.45, 2.75) is 19.8 Å². The van der Waals surface area contributed by atoms with Crippen molar-refractivity contribution in [2.24, 2.45) is 0 Å². The van der Waals surface area contributed by atoms with Crippen LogP contribution < -0.4 is 0 Å². The van der Waals surface area contributed by atoms with Gasteiger partial charge in [0.2, 0.25) is 0 Å². The number of benzene rings is 2. The maximum atomic E-state index is 3.78. The fourth-order valence-electron chi connectivity index (χ4n) is 2.09. The quantitative estimate of drug-likeness (QED) is 0.686. The second-order valence-corrected chi connectivity index (χ2v) is 4.23. The van der Waals surface area contributed by atoms with Gasteiger partial charge in [-0.15, -0.1) is 0 Å². The Morgan fingerprint density at radius 3 is 2.35 bits per heavy atom. The van der Waals surface area contributed by atoms with Gasteiger partial charge in [0.1, 0.15) is 0 Å². The lowest BCUT2D eigenvalue weighted by atomic mass is 9.96. The van der Waals surface area contributed by atoms with Gasteiger partial charge in [0.25, 0.3) is 0 Å². The fraction of sp³-hybridized carbons (Fsp3) is 0.176. The molecule has 0 amide bonds. The summed E-state index contributed by atoms with van der Waals surface area (Å²) in [5.74, 6) is 0. The molecule has 0 aliphatic rings. The van der Waals surface area contributed by atoms with Crippen LogP contribution in [0.5, 0.6) is 0 Å². The van der Waals surface area contributed by atoms with Crippen molar-refractivity contribution in [3.05, 3.63) is 66.2 Å². The SMILES string of the molecule is C=Cc1ccc(-c2ccccc2CCC)cc1. The lowest BCUT2D eigenvalue weighted by Crippen LogP contribution is -1.88. The average molecular weight is 222 g/mol. The molecule has 0 heterocycles. The zero-order valence-electron chi connectivity index (χ0n) is 10.3. The second kappa shape index (κ2) is 5.49. The molecule has 0 aliphatic heterocycles. The van der Waals surface area contributed by atoms with Gasteiger partial charge in [0.15, 0.2) is 0 Å². The zero-order chi connectivity index (χ0) is 12.1. The van der Waals surface area contributed by atoms with Crippen molar-refractivity contribution in [3.8, 4) is 11.1 Å². The molecule has 17 heavy (non-hydrogen) atoms. The zero-order valence-corrected chi connectivity index (χ0v) is 10.3. The normalized spacial score (nSPS) is 10.2. The van der Waals surface area contributed by atoms with Crippen LogP contribution >= 0.6 is 0 Å². The average Bonchev–Trinajstić information content (AvgIpc) is 2.40. The van der Waals surface area contributed by atoms with E-state index in [4.69, 9.17) is 0 Å². The summed E-state index contributed by atoms with van der Waals surface area (Å²) >= 11 is 0. The topological polar surface area (TPSA) is 0 Å². The minimum atomic E-state index is 1.14. The van der Waals surface area contributed by atoms with Crippen LogP contribution in [-0.2, 0) is 6.42 Å². The predicted molar refractivity (Wildman–Crippen MR) is 76.0 cm³/mol. The van der Waals surface area contributed by atoms with Crippen LogP contribution in [0.4, 0.5) is 0 Å². The number of hydrogen-bond acceptors (Lipinski definition) is 0. The molecular formula is C17H18. The van der Waals surface area contributed by atoms with E-state index in [2.05, 4.69) is 62.0 Å². The Labute approximate surface area is 104 Å². The van der Waals surface area contributed by atoms with E-state index in [1.165, 1.54) is 28.7 Å². The van der Waals surface area contributed by atoms with Gasteiger partial charge in [-0.2, -0.15) is 0 Å². The van der Waals surface area contributed by atoms with Crippen molar-refractivity contribution in [2.75, 3.05) is 0 Å². The van der Waals surface area contributed by atoms with Crippen molar-refractivity contribution >= 4 is 6.08 Å². The monoisotopic (exact) mass is 222 g/mol. The highest BCUT2D eigenvalue weighted by atomic mass is 14.1. The van der Waals surface area contributed by atoms with Crippen LogP contribution in [0.15, 0.2) is 55.1 Å². The Morgan fingerprint density at radius 2 is 1.71 bits per heavy atom. The van der Waals surface area contributed by atoms with E-state index in [1.807, 2.05) is 6.08 Å². The van der Waals surface area contributed by atoms with E-state index >= 15 is 0 Å². The smallest absolute Gasteiger partial charge is 0.0152 e. The molecule has 0 saturated carbocycles. The lowest BCUT2D eigenvalue weighted by Gasteiger charge is -2.09. The number of aryl methyl sites for hydroxylation is 1. The highest BCUT2D eigenvalue weighted by Gasteiger charge is 2.03. The molecule has 0 aliphatic carbocycles. The maximum absolute atomic E-state index is 3.78. The summed E-state index contributed by atoms with van der Waals surface area (Å²) in [4.78, 5) is 0. The lowest BCUT2D eigenvalue weighted by molar-refractivity contribution is 0.923. The van der Waals surface area contributed by atoms with E-state index < -0.39 is 0 Å². The third kappa shape index (κ3) is 2.65. The molecule has 2 rings (SSSR count). The van der Waals surface area contributed by atoms with E-state index in [0.717, 1.165) is 6.42 Å². The van der Waals surface area contributed by atoms with Crippen LogP contribution in [0, 0.1) is 0 Å². The molecule has 0 fully saturated rings. The van der Waals surface area contributed by atoms with Gasteiger partial charge >= 0.3 is 0 Å². The third-order valence-corrected chi connectivity index (χ3v) is 2.99. The summed E-state index contributed by atoms with van der Waals surface area (Å²) in [7, 11) is 0. The summed E-state index contributed by atoms with van der Waals surface area (Å²) in [6.45, 7) is 6.00. The molecule has 0 aromatic heterocycles. The second-order valence-electron chi connectivity index (χ2n) is 4.23. The molecule has 86 valence electrons. The summed E-state index contributed by atoms with van der Waals surface area (Å²) in [5, 5.41) is 0. The van der Waals surface area contributed by atoms with Gasteiger partial charge in [0.05, 0.1) is 0 Å². The van der Waals surface area contributed by atoms with Crippen molar-refractivity contribution in [1.82, 2.24) is 0 Å². The van der Waals surface area contributed by atoms with Gasteiger partial charge in [-0.05, 0) is 28.7 Å². The molecule has 0 heteroatoms. The van der Waals surface area contributed by atoms with Crippen LogP contribution in [0.2, 0.25) is 0 Å². The minimum Gasteiger partial charge on any atom is -0.0985 e. The first-order chi connectivity index (χ1) is 8.35. The standard InChI is InChI=1S/C17H18/c1-3-7-15-8-5-6-9-17(15)16-12-10-14(4-2)11-13-16/h4-6,8-13H,2-3,7H2,1H3. The molecule has 0 spiro atoms. The Hall–Kier alpha value is -1.82. The molecule has 0 unspecified atom stereocenters. The molecular weight excluding hydrogens is 204 g/mol. The summed E-state index contributed by atoms with van der Waals surface area (Å²) in [6, 6.07) is 17.2. The van der Waals surface area contributed by atoms with Crippen LogP contribution in [0.3, 0.4) is 0 Å². The first kappa shape index (κ1) is 11.7. The van der Waals surface area contributed by atoms with E-state index in [9.17, 15) is 0 Å². The Bertz CT molecular complexity index is 492. The molecule has 2 aromatic rings. The van der Waals surface area contributed by atoms with Gasteiger partial charge in [0, 0.05) is 0 Å². The number of rotatable bonds is 4. The summed E-state index contributed by atoms with van der Waals surface area (Å²) < 4.78 is 0. The van der Waals surface area contributed by atoms with Crippen LogP contribution in [0.25, 0.3) is 17.2 Å². The largest absolute Gasteiger partial charge is 0.0985 e.